The van der Waals surface area contributed by atoms with Gasteiger partial charge in [0.25, 0.3) is 0 Å². The van der Waals surface area contributed by atoms with E-state index in [2.05, 4.69) is 5.32 Å². The van der Waals surface area contributed by atoms with Crippen LogP contribution in [0.2, 0.25) is 0 Å². The maximum atomic E-state index is 11.8. The number of carbonyl (C=O) groups excluding carboxylic acids is 1. The maximum Gasteiger partial charge on any atom is 0.326 e. The van der Waals surface area contributed by atoms with Crippen LogP contribution < -0.4 is 10.2 Å². The zero-order valence-corrected chi connectivity index (χ0v) is 13.4. The Morgan fingerprint density at radius 3 is 2.57 bits per heavy atom. The molecule has 1 amide bonds. The van der Waals surface area contributed by atoms with Crippen molar-refractivity contribution in [2.24, 2.45) is 5.92 Å². The van der Waals surface area contributed by atoms with Crippen molar-refractivity contribution in [2.75, 3.05) is 0 Å². The Hall–Kier alpha value is -1.63. The van der Waals surface area contributed by atoms with E-state index in [4.69, 9.17) is 5.11 Å². The van der Waals surface area contributed by atoms with E-state index in [1.54, 1.807) is 9.95 Å². The van der Waals surface area contributed by atoms with Crippen LogP contribution in [0.1, 0.15) is 38.8 Å². The lowest BCUT2D eigenvalue weighted by Crippen LogP contribution is -2.41. The molecule has 0 fully saturated rings. The molecule has 1 atom stereocenters. The van der Waals surface area contributed by atoms with Crippen LogP contribution in [0, 0.1) is 12.8 Å². The number of carbonyl (C=O) groups is 2. The first kappa shape index (κ1) is 17.4. The van der Waals surface area contributed by atoms with Gasteiger partial charge in [0.2, 0.25) is 5.91 Å². The number of nitrogens with one attached hydrogen (secondary N) is 1. The number of hydrogen-bond donors (Lipinski definition) is 2. The Labute approximate surface area is 127 Å². The summed E-state index contributed by atoms with van der Waals surface area (Å²) in [5.74, 6) is -1.11. The maximum absolute atomic E-state index is 11.8. The van der Waals surface area contributed by atoms with Gasteiger partial charge in [-0.05, 0) is 25.7 Å². The van der Waals surface area contributed by atoms with E-state index in [1.165, 1.54) is 0 Å². The van der Waals surface area contributed by atoms with Crippen molar-refractivity contribution < 1.29 is 14.7 Å². The summed E-state index contributed by atoms with van der Waals surface area (Å²) < 4.78 is 1.63. The summed E-state index contributed by atoms with van der Waals surface area (Å²) in [4.78, 5) is 34.3. The van der Waals surface area contributed by atoms with E-state index in [0.717, 1.165) is 17.0 Å². The largest absolute Gasteiger partial charge is 0.480 e. The molecule has 1 aromatic heterocycles. The molecule has 0 spiro atoms. The first-order chi connectivity index (χ1) is 9.81. The van der Waals surface area contributed by atoms with Gasteiger partial charge in [0.1, 0.15) is 6.04 Å². The highest BCUT2D eigenvalue weighted by atomic mass is 32.1. The molecule has 0 bridgehead atoms. The van der Waals surface area contributed by atoms with E-state index in [1.807, 2.05) is 20.8 Å². The summed E-state index contributed by atoms with van der Waals surface area (Å²) in [7, 11) is 0. The second kappa shape index (κ2) is 7.97. The Bertz CT molecular complexity index is 547. The van der Waals surface area contributed by atoms with Crippen molar-refractivity contribution >= 4 is 23.2 Å². The molecule has 1 aromatic rings. The van der Waals surface area contributed by atoms with Gasteiger partial charge in [-0.3, -0.25) is 9.59 Å². The van der Waals surface area contributed by atoms with Gasteiger partial charge in [0.05, 0.1) is 0 Å². The second-order valence-electron chi connectivity index (χ2n) is 5.49. The molecular formula is C14H22N2O4S. The van der Waals surface area contributed by atoms with Gasteiger partial charge < -0.3 is 15.0 Å². The smallest absolute Gasteiger partial charge is 0.326 e. The fourth-order valence-electron chi connectivity index (χ4n) is 2.03. The number of aliphatic carboxylic acids is 1. The zero-order chi connectivity index (χ0) is 16.0. The normalized spacial score (nSPS) is 12.4. The number of rotatable bonds is 8. The minimum Gasteiger partial charge on any atom is -0.480 e. The summed E-state index contributed by atoms with van der Waals surface area (Å²) in [5, 5.41) is 13.4. The highest BCUT2D eigenvalue weighted by molar-refractivity contribution is 7.07. The minimum atomic E-state index is -1.01. The number of thiazole rings is 1. The molecule has 0 aliphatic carbocycles. The van der Waals surface area contributed by atoms with E-state index in [0.29, 0.717) is 19.4 Å². The summed E-state index contributed by atoms with van der Waals surface area (Å²) in [6, 6.07) is -0.844. The average Bonchev–Trinajstić information content (AvgIpc) is 2.69. The van der Waals surface area contributed by atoms with E-state index < -0.39 is 12.0 Å². The fourth-order valence-corrected chi connectivity index (χ4v) is 2.79. The van der Waals surface area contributed by atoms with Gasteiger partial charge >= 0.3 is 10.8 Å². The standard InChI is InChI=1S/C14H22N2O4S/c1-9(2)7-11(13(18)19)15-12(17)5-4-6-16-10(3)8-21-14(16)20/h8-9,11H,4-7H2,1-3H3,(H,15,17)(H,18,19). The van der Waals surface area contributed by atoms with Crippen LogP contribution in [0.15, 0.2) is 10.2 Å². The monoisotopic (exact) mass is 314 g/mol. The molecule has 6 nitrogen and oxygen atoms in total. The second-order valence-corrected chi connectivity index (χ2v) is 6.31. The molecule has 0 aromatic carbocycles. The molecule has 0 aliphatic heterocycles. The van der Waals surface area contributed by atoms with Crippen LogP contribution in [0.4, 0.5) is 0 Å². The van der Waals surface area contributed by atoms with Crippen molar-refractivity contribution in [1.82, 2.24) is 9.88 Å². The molecule has 0 saturated heterocycles. The molecule has 1 unspecified atom stereocenters. The molecule has 0 radical (unpaired) electrons. The molecular weight excluding hydrogens is 292 g/mol. The fraction of sp³-hybridized carbons (Fsp3) is 0.643. The van der Waals surface area contributed by atoms with Gasteiger partial charge in [0, 0.05) is 24.0 Å². The average molecular weight is 314 g/mol. The van der Waals surface area contributed by atoms with Gasteiger partial charge in [-0.1, -0.05) is 25.2 Å². The predicted molar refractivity (Wildman–Crippen MR) is 81.6 cm³/mol. The van der Waals surface area contributed by atoms with Crippen molar-refractivity contribution in [3.05, 3.63) is 20.7 Å². The number of carboxylic acids is 1. The van der Waals surface area contributed by atoms with Crippen molar-refractivity contribution in [2.45, 2.75) is 52.6 Å². The first-order valence-corrected chi connectivity index (χ1v) is 7.86. The lowest BCUT2D eigenvalue weighted by atomic mass is 10.0. The Balaban J connectivity index is 2.43. The number of nitrogens with zero attached hydrogens (tertiary/aromatic N) is 1. The molecule has 1 heterocycles. The SMILES string of the molecule is Cc1csc(=O)n1CCCC(=O)NC(CC(C)C)C(=O)O. The Morgan fingerprint density at radius 2 is 2.10 bits per heavy atom. The molecule has 21 heavy (non-hydrogen) atoms. The van der Waals surface area contributed by atoms with Crippen LogP contribution in [0.3, 0.4) is 0 Å². The molecule has 118 valence electrons. The van der Waals surface area contributed by atoms with Crippen molar-refractivity contribution in [3.63, 3.8) is 0 Å². The zero-order valence-electron chi connectivity index (χ0n) is 12.6. The number of aromatic nitrogens is 1. The third-order valence-electron chi connectivity index (χ3n) is 3.10. The van der Waals surface area contributed by atoms with E-state index in [9.17, 15) is 14.4 Å². The van der Waals surface area contributed by atoms with Gasteiger partial charge in [0.15, 0.2) is 0 Å². The van der Waals surface area contributed by atoms with E-state index in [-0.39, 0.29) is 23.1 Å². The molecule has 7 heteroatoms. The number of amides is 1. The van der Waals surface area contributed by atoms with Crippen LogP contribution in [0.25, 0.3) is 0 Å². The Morgan fingerprint density at radius 1 is 1.43 bits per heavy atom. The summed E-state index contributed by atoms with van der Waals surface area (Å²) >= 11 is 1.14. The van der Waals surface area contributed by atoms with Gasteiger partial charge in [-0.2, -0.15) is 0 Å². The highest BCUT2D eigenvalue weighted by Crippen LogP contribution is 2.06. The van der Waals surface area contributed by atoms with Gasteiger partial charge in [-0.15, -0.1) is 0 Å². The van der Waals surface area contributed by atoms with Gasteiger partial charge in [-0.25, -0.2) is 4.79 Å². The van der Waals surface area contributed by atoms with Crippen LogP contribution in [-0.4, -0.2) is 27.6 Å². The molecule has 2 N–H and O–H groups in total. The number of carboxylic acid groups (broad SMARTS) is 1. The predicted octanol–water partition coefficient (Wildman–Crippen LogP) is 1.61. The molecule has 0 aliphatic rings. The third-order valence-corrected chi connectivity index (χ3v) is 3.98. The van der Waals surface area contributed by atoms with Crippen LogP contribution in [0.5, 0.6) is 0 Å². The summed E-state index contributed by atoms with van der Waals surface area (Å²) in [6.07, 6.45) is 1.13. The number of aryl methyl sites for hydroxylation is 1. The van der Waals surface area contributed by atoms with Crippen LogP contribution in [-0.2, 0) is 16.1 Å². The van der Waals surface area contributed by atoms with Crippen molar-refractivity contribution in [3.8, 4) is 0 Å². The minimum absolute atomic E-state index is 0.0314. The van der Waals surface area contributed by atoms with Crippen LogP contribution >= 0.6 is 11.3 Å². The third kappa shape index (κ3) is 5.71. The topological polar surface area (TPSA) is 88.4 Å². The number of hydrogen-bond acceptors (Lipinski definition) is 4. The quantitative estimate of drug-likeness (QED) is 0.763. The lowest BCUT2D eigenvalue weighted by Gasteiger charge is -2.16. The Kier molecular flexibility index (Phi) is 6.61. The molecule has 0 saturated carbocycles. The van der Waals surface area contributed by atoms with Crippen molar-refractivity contribution in [1.29, 1.82) is 0 Å². The highest BCUT2D eigenvalue weighted by Gasteiger charge is 2.20. The lowest BCUT2D eigenvalue weighted by molar-refractivity contribution is -0.142. The van der Waals surface area contributed by atoms with E-state index >= 15 is 0 Å². The molecule has 1 rings (SSSR count). The summed E-state index contributed by atoms with van der Waals surface area (Å²) in [6.45, 7) is 6.15. The first-order valence-electron chi connectivity index (χ1n) is 6.98. The summed E-state index contributed by atoms with van der Waals surface area (Å²) in [5.41, 5.74) is 0.883.